The summed E-state index contributed by atoms with van der Waals surface area (Å²) in [4.78, 5) is 18.5. The number of hydrogen-bond donors (Lipinski definition) is 2. The van der Waals surface area contributed by atoms with E-state index in [0.717, 1.165) is 29.7 Å². The smallest absolute Gasteiger partial charge is 0.321 e. The molecule has 1 heterocycles. The Morgan fingerprint density at radius 3 is 2.79 bits per heavy atom. The standard InChI is InChI=1S/C18H25N3O3/c1-3-4-9-21(10-5-11-22)18(23)20-16-13-15(7-6-14(16)2)17-19-8-12-24-17/h6-8,12-13,22H,3-5,9-11H2,1-2H3,(H,20,23). The lowest BCUT2D eigenvalue weighted by Crippen LogP contribution is -2.37. The summed E-state index contributed by atoms with van der Waals surface area (Å²) in [5, 5.41) is 12.0. The van der Waals surface area contributed by atoms with E-state index in [9.17, 15) is 4.79 Å². The van der Waals surface area contributed by atoms with E-state index in [-0.39, 0.29) is 12.6 Å². The van der Waals surface area contributed by atoms with Gasteiger partial charge in [-0.2, -0.15) is 0 Å². The van der Waals surface area contributed by atoms with Gasteiger partial charge in [0.1, 0.15) is 6.26 Å². The number of anilines is 1. The van der Waals surface area contributed by atoms with Crippen molar-refractivity contribution in [3.05, 3.63) is 36.2 Å². The number of hydrogen-bond acceptors (Lipinski definition) is 4. The van der Waals surface area contributed by atoms with E-state index in [1.807, 2.05) is 25.1 Å². The highest BCUT2D eigenvalue weighted by Gasteiger charge is 2.14. The number of urea groups is 1. The maximum atomic E-state index is 12.6. The molecule has 130 valence electrons. The van der Waals surface area contributed by atoms with Gasteiger partial charge in [0.2, 0.25) is 5.89 Å². The zero-order chi connectivity index (χ0) is 17.4. The van der Waals surface area contributed by atoms with Gasteiger partial charge in [0.25, 0.3) is 0 Å². The number of nitrogens with one attached hydrogen (secondary N) is 1. The molecule has 0 fully saturated rings. The minimum Gasteiger partial charge on any atom is -0.445 e. The number of aliphatic hydroxyl groups is 1. The first-order valence-corrected chi connectivity index (χ1v) is 8.33. The maximum absolute atomic E-state index is 12.6. The molecule has 2 N–H and O–H groups in total. The number of unbranched alkanes of at least 4 members (excludes halogenated alkanes) is 1. The largest absolute Gasteiger partial charge is 0.445 e. The second kappa shape index (κ2) is 9.08. The topological polar surface area (TPSA) is 78.6 Å². The molecule has 0 atom stereocenters. The molecule has 2 rings (SSSR count). The average molecular weight is 331 g/mol. The van der Waals surface area contributed by atoms with E-state index in [2.05, 4.69) is 17.2 Å². The Labute approximate surface area is 142 Å². The number of oxazole rings is 1. The van der Waals surface area contributed by atoms with Gasteiger partial charge in [-0.05, 0) is 37.5 Å². The highest BCUT2D eigenvalue weighted by atomic mass is 16.3. The third kappa shape index (κ3) is 4.83. The van der Waals surface area contributed by atoms with Gasteiger partial charge in [-0.15, -0.1) is 0 Å². The Kier molecular flexibility index (Phi) is 6.81. The molecule has 0 bridgehead atoms. The van der Waals surface area contributed by atoms with Crippen molar-refractivity contribution in [2.24, 2.45) is 0 Å². The van der Waals surface area contributed by atoms with Gasteiger partial charge in [0, 0.05) is 30.9 Å². The van der Waals surface area contributed by atoms with Crippen molar-refractivity contribution in [3.8, 4) is 11.5 Å². The molecule has 0 unspecified atom stereocenters. The quantitative estimate of drug-likeness (QED) is 0.773. The van der Waals surface area contributed by atoms with Crippen LogP contribution >= 0.6 is 0 Å². The second-order valence-corrected chi connectivity index (χ2v) is 5.71. The summed E-state index contributed by atoms with van der Waals surface area (Å²) in [6, 6.07) is 5.56. The van der Waals surface area contributed by atoms with Crippen LogP contribution in [0.15, 0.2) is 35.1 Å². The van der Waals surface area contributed by atoms with Crippen LogP contribution in [0.2, 0.25) is 0 Å². The summed E-state index contributed by atoms with van der Waals surface area (Å²) in [7, 11) is 0. The van der Waals surface area contributed by atoms with Gasteiger partial charge in [0.15, 0.2) is 0 Å². The number of carbonyl (C=O) groups is 1. The normalized spacial score (nSPS) is 10.6. The second-order valence-electron chi connectivity index (χ2n) is 5.71. The first-order valence-electron chi connectivity index (χ1n) is 8.33. The Bertz CT molecular complexity index is 633. The SMILES string of the molecule is CCCCN(CCCO)C(=O)Nc1cc(-c2ncco2)ccc1C. The van der Waals surface area contributed by atoms with Crippen molar-refractivity contribution in [2.75, 3.05) is 25.0 Å². The van der Waals surface area contributed by atoms with E-state index in [1.54, 1.807) is 11.1 Å². The Morgan fingerprint density at radius 2 is 2.12 bits per heavy atom. The molecule has 0 radical (unpaired) electrons. The molecule has 24 heavy (non-hydrogen) atoms. The minimum absolute atomic E-state index is 0.0780. The van der Waals surface area contributed by atoms with Gasteiger partial charge in [-0.25, -0.2) is 9.78 Å². The molecule has 0 spiro atoms. The van der Waals surface area contributed by atoms with Crippen LogP contribution in [0.1, 0.15) is 31.7 Å². The van der Waals surface area contributed by atoms with E-state index >= 15 is 0 Å². The summed E-state index contributed by atoms with van der Waals surface area (Å²) in [5.74, 6) is 0.522. The highest BCUT2D eigenvalue weighted by Crippen LogP contribution is 2.24. The molecule has 6 nitrogen and oxygen atoms in total. The fourth-order valence-corrected chi connectivity index (χ4v) is 2.38. The third-order valence-corrected chi connectivity index (χ3v) is 3.81. The van der Waals surface area contributed by atoms with Gasteiger partial charge in [0.05, 0.1) is 6.20 Å². The highest BCUT2D eigenvalue weighted by molar-refractivity contribution is 5.91. The van der Waals surface area contributed by atoms with Crippen molar-refractivity contribution < 1.29 is 14.3 Å². The van der Waals surface area contributed by atoms with Gasteiger partial charge in [-0.1, -0.05) is 19.4 Å². The Morgan fingerprint density at radius 1 is 1.33 bits per heavy atom. The number of carbonyl (C=O) groups excluding carboxylic acids is 1. The molecule has 0 aliphatic carbocycles. The van der Waals surface area contributed by atoms with Crippen LogP contribution in [0.3, 0.4) is 0 Å². The minimum atomic E-state index is -0.149. The van der Waals surface area contributed by atoms with E-state index in [0.29, 0.717) is 25.4 Å². The molecule has 0 aliphatic rings. The number of aliphatic hydroxyl groups excluding tert-OH is 1. The number of benzene rings is 1. The van der Waals surface area contributed by atoms with E-state index in [4.69, 9.17) is 9.52 Å². The molecule has 6 heteroatoms. The first-order chi connectivity index (χ1) is 11.7. The lowest BCUT2D eigenvalue weighted by Gasteiger charge is -2.23. The summed E-state index contributed by atoms with van der Waals surface area (Å²) in [6.07, 6.45) is 5.64. The molecule has 0 saturated heterocycles. The molecule has 1 aromatic carbocycles. The Balaban J connectivity index is 2.12. The zero-order valence-corrected chi connectivity index (χ0v) is 14.3. The summed E-state index contributed by atoms with van der Waals surface area (Å²) >= 11 is 0. The summed E-state index contributed by atoms with van der Waals surface area (Å²) in [6.45, 7) is 5.33. The van der Waals surface area contributed by atoms with Crippen LogP contribution in [0.25, 0.3) is 11.5 Å². The molecule has 0 saturated carbocycles. The summed E-state index contributed by atoms with van der Waals surface area (Å²) < 4.78 is 5.31. The molecule has 0 aliphatic heterocycles. The third-order valence-electron chi connectivity index (χ3n) is 3.81. The predicted octanol–water partition coefficient (Wildman–Crippen LogP) is 3.67. The lowest BCUT2D eigenvalue weighted by atomic mass is 10.1. The molecule has 2 aromatic rings. The average Bonchev–Trinajstić information content (AvgIpc) is 3.11. The van der Waals surface area contributed by atoms with Crippen LogP contribution in [-0.2, 0) is 0 Å². The van der Waals surface area contributed by atoms with Crippen molar-refractivity contribution in [1.29, 1.82) is 0 Å². The first kappa shape index (κ1) is 18.0. The number of rotatable bonds is 8. The van der Waals surface area contributed by atoms with Crippen LogP contribution in [0.5, 0.6) is 0 Å². The van der Waals surface area contributed by atoms with E-state index < -0.39 is 0 Å². The summed E-state index contributed by atoms with van der Waals surface area (Å²) in [5.41, 5.74) is 2.52. The number of aromatic nitrogens is 1. The molecular formula is C18H25N3O3. The maximum Gasteiger partial charge on any atom is 0.321 e. The van der Waals surface area contributed by atoms with Crippen molar-refractivity contribution in [1.82, 2.24) is 9.88 Å². The van der Waals surface area contributed by atoms with Gasteiger partial charge in [-0.3, -0.25) is 0 Å². The fraction of sp³-hybridized carbons (Fsp3) is 0.444. The predicted molar refractivity (Wildman–Crippen MR) is 93.9 cm³/mol. The number of nitrogens with zero attached hydrogens (tertiary/aromatic N) is 2. The van der Waals surface area contributed by atoms with Crippen LogP contribution in [0, 0.1) is 6.92 Å². The van der Waals surface area contributed by atoms with Crippen LogP contribution in [0.4, 0.5) is 10.5 Å². The van der Waals surface area contributed by atoms with Crippen molar-refractivity contribution in [2.45, 2.75) is 33.1 Å². The zero-order valence-electron chi connectivity index (χ0n) is 14.3. The fourth-order valence-electron chi connectivity index (χ4n) is 2.38. The Hall–Kier alpha value is -2.34. The lowest BCUT2D eigenvalue weighted by molar-refractivity contribution is 0.201. The monoisotopic (exact) mass is 331 g/mol. The van der Waals surface area contributed by atoms with E-state index in [1.165, 1.54) is 6.26 Å². The molecule has 1 aromatic heterocycles. The number of aryl methyl sites for hydroxylation is 1. The number of amides is 2. The van der Waals surface area contributed by atoms with Gasteiger partial charge < -0.3 is 19.7 Å². The molecular weight excluding hydrogens is 306 g/mol. The van der Waals surface area contributed by atoms with Crippen LogP contribution < -0.4 is 5.32 Å². The molecule has 2 amide bonds. The van der Waals surface area contributed by atoms with Crippen LogP contribution in [-0.4, -0.2) is 40.7 Å². The van der Waals surface area contributed by atoms with Crippen molar-refractivity contribution in [3.63, 3.8) is 0 Å². The van der Waals surface area contributed by atoms with Crippen molar-refractivity contribution >= 4 is 11.7 Å². The van der Waals surface area contributed by atoms with Gasteiger partial charge >= 0.3 is 6.03 Å².